The number of ether oxygens (including phenoxy) is 1. The fourth-order valence-electron chi connectivity index (χ4n) is 3.19. The fourth-order valence-corrected chi connectivity index (χ4v) is 3.19. The van der Waals surface area contributed by atoms with Gasteiger partial charge in [-0.3, -0.25) is 4.79 Å². The lowest BCUT2D eigenvalue weighted by molar-refractivity contribution is -0.124. The van der Waals surface area contributed by atoms with Crippen LogP contribution in [0, 0.1) is 0 Å². The highest BCUT2D eigenvalue weighted by Crippen LogP contribution is 2.40. The topological polar surface area (TPSA) is 50.4 Å². The van der Waals surface area contributed by atoms with Gasteiger partial charge in [-0.15, -0.1) is 0 Å². The van der Waals surface area contributed by atoms with Crippen molar-refractivity contribution >= 4 is 5.91 Å². The SMILES string of the molecule is COc1ccccc1C1CC(NC(=O)[C@H]2C[C@H](F)CN2)C1. The summed E-state index contributed by atoms with van der Waals surface area (Å²) in [4.78, 5) is 12.0. The van der Waals surface area contributed by atoms with Crippen molar-refractivity contribution in [1.82, 2.24) is 10.6 Å². The molecule has 0 aromatic heterocycles. The van der Waals surface area contributed by atoms with Gasteiger partial charge in [-0.05, 0) is 30.4 Å². The second-order valence-corrected chi connectivity index (χ2v) is 5.91. The summed E-state index contributed by atoms with van der Waals surface area (Å²) in [5.74, 6) is 1.26. The van der Waals surface area contributed by atoms with Crippen molar-refractivity contribution < 1.29 is 13.9 Å². The monoisotopic (exact) mass is 292 g/mol. The number of halogens is 1. The zero-order valence-corrected chi connectivity index (χ0v) is 12.1. The van der Waals surface area contributed by atoms with Crippen molar-refractivity contribution in [1.29, 1.82) is 0 Å². The van der Waals surface area contributed by atoms with Gasteiger partial charge in [0.25, 0.3) is 0 Å². The van der Waals surface area contributed by atoms with E-state index in [2.05, 4.69) is 16.7 Å². The first-order valence-corrected chi connectivity index (χ1v) is 7.48. The molecule has 1 saturated carbocycles. The van der Waals surface area contributed by atoms with Gasteiger partial charge in [-0.2, -0.15) is 0 Å². The molecule has 2 aliphatic rings. The smallest absolute Gasteiger partial charge is 0.237 e. The minimum atomic E-state index is -0.900. The molecule has 2 N–H and O–H groups in total. The van der Waals surface area contributed by atoms with Gasteiger partial charge < -0.3 is 15.4 Å². The third-order valence-electron chi connectivity index (χ3n) is 4.46. The minimum Gasteiger partial charge on any atom is -0.496 e. The van der Waals surface area contributed by atoms with Gasteiger partial charge in [-0.25, -0.2) is 4.39 Å². The Morgan fingerprint density at radius 3 is 2.76 bits per heavy atom. The summed E-state index contributed by atoms with van der Waals surface area (Å²) in [6, 6.07) is 7.82. The summed E-state index contributed by atoms with van der Waals surface area (Å²) >= 11 is 0. The molecule has 1 amide bonds. The first-order valence-electron chi connectivity index (χ1n) is 7.48. The van der Waals surface area contributed by atoms with E-state index in [1.807, 2.05) is 18.2 Å². The number of methoxy groups -OCH3 is 1. The van der Waals surface area contributed by atoms with Crippen molar-refractivity contribution in [3.63, 3.8) is 0 Å². The molecule has 1 heterocycles. The molecular weight excluding hydrogens is 271 g/mol. The summed E-state index contributed by atoms with van der Waals surface area (Å²) in [5, 5.41) is 5.92. The predicted octanol–water partition coefficient (Wildman–Crippen LogP) is 1.76. The van der Waals surface area contributed by atoms with E-state index >= 15 is 0 Å². The number of nitrogens with one attached hydrogen (secondary N) is 2. The summed E-state index contributed by atoms with van der Waals surface area (Å²) in [5.41, 5.74) is 1.20. The van der Waals surface area contributed by atoms with Crippen LogP contribution in [0.5, 0.6) is 5.75 Å². The lowest BCUT2D eigenvalue weighted by Gasteiger charge is -2.37. The predicted molar refractivity (Wildman–Crippen MR) is 78.2 cm³/mol. The molecule has 4 nitrogen and oxygen atoms in total. The van der Waals surface area contributed by atoms with Crippen LogP contribution in [0.4, 0.5) is 4.39 Å². The van der Waals surface area contributed by atoms with E-state index in [9.17, 15) is 9.18 Å². The Bertz CT molecular complexity index is 517. The van der Waals surface area contributed by atoms with Gasteiger partial charge in [0.1, 0.15) is 11.9 Å². The summed E-state index contributed by atoms with van der Waals surface area (Å²) in [6.45, 7) is 0.284. The number of rotatable bonds is 4. The normalized spacial score (nSPS) is 31.5. The van der Waals surface area contributed by atoms with Gasteiger partial charge in [-0.1, -0.05) is 18.2 Å². The number of alkyl halides is 1. The highest BCUT2D eigenvalue weighted by molar-refractivity contribution is 5.82. The summed E-state index contributed by atoms with van der Waals surface area (Å²) < 4.78 is 18.5. The van der Waals surface area contributed by atoms with Gasteiger partial charge in [0.05, 0.1) is 13.2 Å². The standard InChI is InChI=1S/C16H21FN2O2/c1-21-15-5-3-2-4-13(15)10-6-12(7-10)19-16(20)14-8-11(17)9-18-14/h2-5,10-12,14,18H,6-9H2,1H3,(H,19,20)/t10?,11-,12?,14+/m0/s1. The van der Waals surface area contributed by atoms with Gasteiger partial charge in [0, 0.05) is 19.0 Å². The van der Waals surface area contributed by atoms with Crippen LogP contribution >= 0.6 is 0 Å². The van der Waals surface area contributed by atoms with Crippen LogP contribution in [-0.2, 0) is 4.79 Å². The number of benzene rings is 1. The Labute approximate surface area is 124 Å². The quantitative estimate of drug-likeness (QED) is 0.889. The Morgan fingerprint density at radius 2 is 2.10 bits per heavy atom. The molecule has 5 heteroatoms. The number of para-hydroxylation sites is 1. The van der Waals surface area contributed by atoms with E-state index < -0.39 is 6.17 Å². The van der Waals surface area contributed by atoms with Crippen LogP contribution in [0.3, 0.4) is 0 Å². The zero-order chi connectivity index (χ0) is 14.8. The lowest BCUT2D eigenvalue weighted by atomic mass is 9.75. The fraction of sp³-hybridized carbons (Fsp3) is 0.562. The highest BCUT2D eigenvalue weighted by atomic mass is 19.1. The molecule has 2 fully saturated rings. The van der Waals surface area contributed by atoms with Crippen molar-refractivity contribution in [3.8, 4) is 5.75 Å². The third-order valence-corrected chi connectivity index (χ3v) is 4.46. The average molecular weight is 292 g/mol. The number of carbonyl (C=O) groups is 1. The van der Waals surface area contributed by atoms with Gasteiger partial charge in [0.15, 0.2) is 0 Å². The van der Waals surface area contributed by atoms with Crippen molar-refractivity contribution in [2.75, 3.05) is 13.7 Å². The molecule has 0 spiro atoms. The maximum absolute atomic E-state index is 13.1. The molecule has 21 heavy (non-hydrogen) atoms. The number of hydrogen-bond donors (Lipinski definition) is 2. The molecular formula is C16H21FN2O2. The molecule has 2 atom stereocenters. The second-order valence-electron chi connectivity index (χ2n) is 5.91. The maximum Gasteiger partial charge on any atom is 0.237 e. The Morgan fingerprint density at radius 1 is 1.33 bits per heavy atom. The Hall–Kier alpha value is -1.62. The van der Waals surface area contributed by atoms with Gasteiger partial charge in [0.2, 0.25) is 5.91 Å². The largest absolute Gasteiger partial charge is 0.496 e. The number of hydrogen-bond acceptors (Lipinski definition) is 3. The van der Waals surface area contributed by atoms with Crippen molar-refractivity contribution in [2.45, 2.75) is 43.4 Å². The van der Waals surface area contributed by atoms with E-state index in [1.165, 1.54) is 5.56 Å². The molecule has 114 valence electrons. The van der Waals surface area contributed by atoms with Crippen LogP contribution in [0.1, 0.15) is 30.7 Å². The Balaban J connectivity index is 1.51. The lowest BCUT2D eigenvalue weighted by Crippen LogP contribution is -2.49. The van der Waals surface area contributed by atoms with E-state index in [0.717, 1.165) is 18.6 Å². The van der Waals surface area contributed by atoms with E-state index in [1.54, 1.807) is 7.11 Å². The van der Waals surface area contributed by atoms with E-state index in [0.29, 0.717) is 5.92 Å². The van der Waals surface area contributed by atoms with Crippen LogP contribution in [0.25, 0.3) is 0 Å². The molecule has 3 rings (SSSR count). The van der Waals surface area contributed by atoms with Crippen molar-refractivity contribution in [2.24, 2.45) is 0 Å². The molecule has 0 unspecified atom stereocenters. The minimum absolute atomic E-state index is 0.0707. The summed E-state index contributed by atoms with van der Waals surface area (Å²) in [6.07, 6.45) is 1.22. The molecule has 1 aromatic carbocycles. The van der Waals surface area contributed by atoms with Crippen molar-refractivity contribution in [3.05, 3.63) is 29.8 Å². The van der Waals surface area contributed by atoms with E-state index in [4.69, 9.17) is 4.74 Å². The third kappa shape index (κ3) is 3.02. The van der Waals surface area contributed by atoms with E-state index in [-0.39, 0.29) is 31.0 Å². The molecule has 1 aliphatic carbocycles. The molecule has 0 radical (unpaired) electrons. The molecule has 1 aromatic rings. The molecule has 1 aliphatic heterocycles. The first-order chi connectivity index (χ1) is 10.2. The van der Waals surface area contributed by atoms with Crippen LogP contribution in [0.15, 0.2) is 24.3 Å². The number of carbonyl (C=O) groups excluding carboxylic acids is 1. The summed E-state index contributed by atoms with van der Waals surface area (Å²) in [7, 11) is 1.68. The van der Waals surface area contributed by atoms with Crippen LogP contribution in [0.2, 0.25) is 0 Å². The zero-order valence-electron chi connectivity index (χ0n) is 12.1. The molecule has 1 saturated heterocycles. The second kappa shape index (κ2) is 6.02. The maximum atomic E-state index is 13.1. The molecule has 0 bridgehead atoms. The highest BCUT2D eigenvalue weighted by Gasteiger charge is 2.36. The van der Waals surface area contributed by atoms with Crippen LogP contribution < -0.4 is 15.4 Å². The van der Waals surface area contributed by atoms with Gasteiger partial charge >= 0.3 is 0 Å². The first kappa shape index (κ1) is 14.3. The average Bonchev–Trinajstić information content (AvgIpc) is 2.89. The van der Waals surface area contributed by atoms with Crippen LogP contribution in [-0.4, -0.2) is 37.8 Å². The number of amides is 1. The Kier molecular flexibility index (Phi) is 4.10.